The lowest BCUT2D eigenvalue weighted by atomic mass is 10.1. The fourth-order valence-electron chi connectivity index (χ4n) is 2.02. The molecule has 24 heavy (non-hydrogen) atoms. The number of carbonyl (C=O) groups is 2. The molecule has 1 saturated carbocycles. The van der Waals surface area contributed by atoms with E-state index in [0.29, 0.717) is 17.3 Å². The maximum atomic E-state index is 12.0. The van der Waals surface area contributed by atoms with Crippen molar-refractivity contribution < 1.29 is 19.1 Å². The lowest BCUT2D eigenvalue weighted by Gasteiger charge is -2.10. The summed E-state index contributed by atoms with van der Waals surface area (Å²) in [6.07, 6.45) is 2.30. The Labute approximate surface area is 146 Å². The highest BCUT2D eigenvalue weighted by Gasteiger charge is 2.24. The van der Waals surface area contributed by atoms with Crippen LogP contribution in [0.3, 0.4) is 0 Å². The van der Waals surface area contributed by atoms with E-state index in [1.54, 1.807) is 24.3 Å². The molecule has 1 aliphatic carbocycles. The first-order chi connectivity index (χ1) is 11.7. The molecule has 2 aliphatic rings. The average Bonchev–Trinajstić information content (AvgIpc) is 3.41. The Morgan fingerprint density at radius 1 is 1.08 bits per heavy atom. The molecule has 1 heterocycles. The maximum Gasteiger partial charge on any atom is 0.253 e. The summed E-state index contributed by atoms with van der Waals surface area (Å²) in [6.45, 7) is 3.11. The Morgan fingerprint density at radius 2 is 1.71 bits per heavy atom. The Balaban J connectivity index is 0.000000292. The summed E-state index contributed by atoms with van der Waals surface area (Å²) < 4.78 is 9.89. The Kier molecular flexibility index (Phi) is 8.01. The number of para-hydroxylation sites is 1. The third-order valence-corrected chi connectivity index (χ3v) is 3.61. The van der Waals surface area contributed by atoms with E-state index >= 15 is 0 Å². The first-order valence-corrected chi connectivity index (χ1v) is 8.65. The normalized spacial score (nSPS) is 16.5. The van der Waals surface area contributed by atoms with Crippen LogP contribution in [-0.4, -0.2) is 50.2 Å². The zero-order valence-electron chi connectivity index (χ0n) is 13.6. The van der Waals surface area contributed by atoms with Gasteiger partial charge in [0.15, 0.2) is 0 Å². The van der Waals surface area contributed by atoms with Crippen molar-refractivity contribution >= 4 is 29.1 Å². The minimum atomic E-state index is -0.184. The second-order valence-corrected chi connectivity index (χ2v) is 5.88. The molecule has 1 saturated heterocycles. The molecule has 0 atom stereocenters. The zero-order valence-corrected chi connectivity index (χ0v) is 14.3. The van der Waals surface area contributed by atoms with Crippen molar-refractivity contribution in [3.8, 4) is 0 Å². The van der Waals surface area contributed by atoms with Gasteiger partial charge in [-0.2, -0.15) is 0 Å². The second kappa shape index (κ2) is 10.3. The third-order valence-electron chi connectivity index (χ3n) is 3.42. The summed E-state index contributed by atoms with van der Waals surface area (Å²) in [5, 5.41) is 5.60. The highest BCUT2D eigenvalue weighted by Crippen LogP contribution is 2.21. The van der Waals surface area contributed by atoms with Crippen molar-refractivity contribution in [2.24, 2.45) is 0 Å². The first kappa shape index (κ1) is 18.7. The molecule has 1 aromatic carbocycles. The fraction of sp³-hybridized carbons (Fsp3) is 0.529. The van der Waals surface area contributed by atoms with Crippen LogP contribution < -0.4 is 10.6 Å². The average molecular weight is 355 g/mol. The predicted molar refractivity (Wildman–Crippen MR) is 92.5 cm³/mol. The van der Waals surface area contributed by atoms with Gasteiger partial charge in [-0.25, -0.2) is 0 Å². The van der Waals surface area contributed by atoms with Gasteiger partial charge in [-0.1, -0.05) is 12.1 Å². The van der Waals surface area contributed by atoms with Crippen molar-refractivity contribution in [3.63, 3.8) is 0 Å². The molecule has 7 heteroatoms. The molecule has 2 N–H and O–H groups in total. The predicted octanol–water partition coefficient (Wildman–Crippen LogP) is 2.18. The highest BCUT2D eigenvalue weighted by atomic mass is 35.5. The number of anilines is 1. The number of alkyl halides is 1. The maximum absolute atomic E-state index is 12.0. The van der Waals surface area contributed by atoms with Crippen molar-refractivity contribution in [1.82, 2.24) is 5.32 Å². The van der Waals surface area contributed by atoms with E-state index in [-0.39, 0.29) is 24.1 Å². The van der Waals surface area contributed by atoms with E-state index in [0.717, 1.165) is 39.3 Å². The number of halogens is 1. The molecular formula is C17H23ClN2O4. The van der Waals surface area contributed by atoms with Crippen LogP contribution in [0.2, 0.25) is 0 Å². The number of amides is 2. The van der Waals surface area contributed by atoms with Gasteiger partial charge in [0.2, 0.25) is 5.91 Å². The van der Waals surface area contributed by atoms with Gasteiger partial charge in [-0.15, -0.1) is 11.6 Å². The van der Waals surface area contributed by atoms with Crippen LogP contribution in [0.5, 0.6) is 0 Å². The smallest absolute Gasteiger partial charge is 0.253 e. The topological polar surface area (TPSA) is 76.7 Å². The van der Waals surface area contributed by atoms with Gasteiger partial charge in [0.1, 0.15) is 0 Å². The van der Waals surface area contributed by atoms with Gasteiger partial charge < -0.3 is 20.1 Å². The molecule has 2 amide bonds. The molecule has 0 unspecified atom stereocenters. The van der Waals surface area contributed by atoms with Crippen LogP contribution >= 0.6 is 11.6 Å². The molecule has 2 fully saturated rings. The van der Waals surface area contributed by atoms with Gasteiger partial charge >= 0.3 is 0 Å². The van der Waals surface area contributed by atoms with Gasteiger partial charge in [0.25, 0.3) is 5.91 Å². The van der Waals surface area contributed by atoms with Crippen LogP contribution in [0.15, 0.2) is 24.3 Å². The molecule has 0 radical (unpaired) electrons. The number of ether oxygens (including phenoxy) is 2. The Morgan fingerprint density at radius 3 is 2.25 bits per heavy atom. The largest absolute Gasteiger partial charge is 0.377 e. The number of benzene rings is 1. The third kappa shape index (κ3) is 6.86. The van der Waals surface area contributed by atoms with Crippen molar-refractivity contribution in [1.29, 1.82) is 0 Å². The van der Waals surface area contributed by atoms with Gasteiger partial charge in [-0.05, 0) is 25.0 Å². The van der Waals surface area contributed by atoms with E-state index in [2.05, 4.69) is 10.6 Å². The van der Waals surface area contributed by atoms with Crippen molar-refractivity contribution in [2.75, 3.05) is 37.6 Å². The SMILES string of the molecule is C1COCCO1.O=C(CCCl)Nc1ccccc1C(=O)NC1CC1. The Bertz CT molecular complexity index is 534. The van der Waals surface area contributed by atoms with E-state index in [1.165, 1.54) is 0 Å². The van der Waals surface area contributed by atoms with Gasteiger partial charge in [0.05, 0.1) is 37.7 Å². The lowest BCUT2D eigenvalue weighted by Crippen LogP contribution is -2.27. The van der Waals surface area contributed by atoms with Crippen LogP contribution in [0.25, 0.3) is 0 Å². The molecule has 132 valence electrons. The summed E-state index contributed by atoms with van der Waals surface area (Å²) in [4.78, 5) is 23.5. The second-order valence-electron chi connectivity index (χ2n) is 5.51. The minimum Gasteiger partial charge on any atom is -0.377 e. The molecule has 0 bridgehead atoms. The van der Waals surface area contributed by atoms with Crippen LogP contribution in [-0.2, 0) is 14.3 Å². The molecule has 0 spiro atoms. The number of carbonyl (C=O) groups excluding carboxylic acids is 2. The molecular weight excluding hydrogens is 332 g/mol. The lowest BCUT2D eigenvalue weighted by molar-refractivity contribution is -0.115. The van der Waals surface area contributed by atoms with Crippen molar-refractivity contribution in [3.05, 3.63) is 29.8 Å². The minimum absolute atomic E-state index is 0.140. The first-order valence-electron chi connectivity index (χ1n) is 8.12. The van der Waals surface area contributed by atoms with E-state index < -0.39 is 0 Å². The zero-order chi connectivity index (χ0) is 17.2. The monoisotopic (exact) mass is 354 g/mol. The van der Waals surface area contributed by atoms with Gasteiger partial charge in [-0.3, -0.25) is 9.59 Å². The summed E-state index contributed by atoms with van der Waals surface area (Å²) >= 11 is 5.50. The number of hydrogen-bond donors (Lipinski definition) is 2. The van der Waals surface area contributed by atoms with E-state index in [4.69, 9.17) is 21.1 Å². The summed E-state index contributed by atoms with van der Waals surface area (Å²) in [5.74, 6) is -0.0571. The van der Waals surface area contributed by atoms with Crippen LogP contribution in [0, 0.1) is 0 Å². The van der Waals surface area contributed by atoms with Gasteiger partial charge in [0, 0.05) is 18.3 Å². The molecule has 6 nitrogen and oxygen atoms in total. The van der Waals surface area contributed by atoms with Crippen LogP contribution in [0.1, 0.15) is 29.6 Å². The van der Waals surface area contributed by atoms with Crippen molar-refractivity contribution in [2.45, 2.75) is 25.3 Å². The highest BCUT2D eigenvalue weighted by molar-refractivity contribution is 6.19. The molecule has 0 aromatic heterocycles. The van der Waals surface area contributed by atoms with E-state index in [1.807, 2.05) is 0 Å². The summed E-state index contributed by atoms with van der Waals surface area (Å²) in [6, 6.07) is 7.27. The number of hydrogen-bond acceptors (Lipinski definition) is 4. The molecule has 1 aromatic rings. The molecule has 3 rings (SSSR count). The summed E-state index contributed by atoms with van der Waals surface area (Å²) in [5.41, 5.74) is 1.03. The molecule has 1 aliphatic heterocycles. The number of nitrogens with one attached hydrogen (secondary N) is 2. The number of rotatable bonds is 5. The van der Waals surface area contributed by atoms with E-state index in [9.17, 15) is 9.59 Å². The summed E-state index contributed by atoms with van der Waals surface area (Å²) in [7, 11) is 0. The quantitative estimate of drug-likeness (QED) is 0.794. The standard InChI is InChI=1S/C13H15ClN2O2.C4H8O2/c14-8-7-12(17)16-11-4-2-1-3-10(11)13(18)15-9-5-6-9;1-2-6-4-3-5-1/h1-4,9H,5-8H2,(H,15,18)(H,16,17);1-4H2. The van der Waals surface area contributed by atoms with Crippen LogP contribution in [0.4, 0.5) is 5.69 Å². The Hall–Kier alpha value is -1.63. The fourth-order valence-corrected chi connectivity index (χ4v) is 2.19.